The molecule has 0 atom stereocenters. The molecule has 1 aromatic rings. The molecular weight excluding hydrogens is 154 g/mol. The van der Waals surface area contributed by atoms with Gasteiger partial charge in [-0.2, -0.15) is 0 Å². The minimum atomic E-state index is 1.10. The van der Waals surface area contributed by atoms with Crippen molar-refractivity contribution in [3.63, 3.8) is 0 Å². The molecule has 1 heterocycles. The summed E-state index contributed by atoms with van der Waals surface area (Å²) in [5, 5.41) is 1.10. The largest absolute Gasteiger partial charge is 0.339 e. The molecule has 1 aliphatic heterocycles. The van der Waals surface area contributed by atoms with Crippen molar-refractivity contribution in [3.05, 3.63) is 35.9 Å². The van der Waals surface area contributed by atoms with Gasteiger partial charge in [0.15, 0.2) is 0 Å². The molecule has 2 rings (SSSR count). The van der Waals surface area contributed by atoms with Crippen LogP contribution in [-0.4, -0.2) is 7.05 Å². The summed E-state index contributed by atoms with van der Waals surface area (Å²) in [4.78, 5) is 3.42. The second-order valence-electron chi connectivity index (χ2n) is 2.52. The van der Waals surface area contributed by atoms with Crippen LogP contribution in [0, 0.1) is 0 Å². The molecule has 0 saturated carbocycles. The summed E-state index contributed by atoms with van der Waals surface area (Å²) in [5.41, 5.74) is 1.27. The van der Waals surface area contributed by atoms with E-state index >= 15 is 0 Å². The third-order valence-electron chi connectivity index (χ3n) is 1.83. The van der Waals surface area contributed by atoms with Gasteiger partial charge in [-0.3, -0.25) is 0 Å². The zero-order chi connectivity index (χ0) is 7.84. The number of benzene rings is 1. The highest BCUT2D eigenvalue weighted by atomic mass is 32.2. The minimum absolute atomic E-state index is 1.10. The van der Waals surface area contributed by atoms with E-state index in [2.05, 4.69) is 35.7 Å². The smallest absolute Gasteiger partial charge is 0.0725 e. The maximum Gasteiger partial charge on any atom is 0.0725 e. The van der Waals surface area contributed by atoms with E-state index in [1.807, 2.05) is 7.05 Å². The van der Waals surface area contributed by atoms with Crippen LogP contribution in [0.3, 0.4) is 0 Å². The second-order valence-corrected chi connectivity index (χ2v) is 3.64. The van der Waals surface area contributed by atoms with Crippen LogP contribution >= 0.6 is 11.8 Å². The Hall–Kier alpha value is -0.890. The van der Waals surface area contributed by atoms with Gasteiger partial charge in [0, 0.05) is 11.9 Å². The molecule has 2 heteroatoms. The molecule has 0 saturated heterocycles. The number of rotatable bonds is 0. The van der Waals surface area contributed by atoms with Crippen molar-refractivity contribution in [2.75, 3.05) is 11.9 Å². The summed E-state index contributed by atoms with van der Waals surface area (Å²) in [7, 11) is 2.04. The summed E-state index contributed by atoms with van der Waals surface area (Å²) in [5.74, 6) is 0. The van der Waals surface area contributed by atoms with Gasteiger partial charge >= 0.3 is 0 Å². The van der Waals surface area contributed by atoms with E-state index in [1.165, 1.54) is 10.6 Å². The molecule has 0 aromatic heterocycles. The average Bonchev–Trinajstić information content (AvgIpc) is 2.30. The molecule has 0 bridgehead atoms. The number of para-hydroxylation sites is 1. The van der Waals surface area contributed by atoms with E-state index in [4.69, 9.17) is 0 Å². The zero-order valence-electron chi connectivity index (χ0n) is 6.37. The van der Waals surface area contributed by atoms with Crippen molar-refractivity contribution in [2.45, 2.75) is 4.90 Å². The fourth-order valence-corrected chi connectivity index (χ4v) is 2.10. The van der Waals surface area contributed by atoms with Crippen LogP contribution in [0.2, 0.25) is 0 Å². The van der Waals surface area contributed by atoms with Crippen LogP contribution in [0.25, 0.3) is 0 Å². The average molecular weight is 163 g/mol. The van der Waals surface area contributed by atoms with Crippen molar-refractivity contribution in [1.82, 2.24) is 0 Å². The third kappa shape index (κ3) is 0.942. The van der Waals surface area contributed by atoms with Gasteiger partial charge in [0.2, 0.25) is 0 Å². The standard InChI is InChI=1S/C9H9NS/c1-7-10(2)8-5-3-4-6-9(8)11-7/h3-6H,1H2,2H3. The van der Waals surface area contributed by atoms with E-state index in [9.17, 15) is 0 Å². The van der Waals surface area contributed by atoms with Crippen LogP contribution in [0.5, 0.6) is 0 Å². The monoisotopic (exact) mass is 163 g/mol. The first-order valence-electron chi connectivity index (χ1n) is 3.48. The highest BCUT2D eigenvalue weighted by Gasteiger charge is 2.18. The molecule has 56 valence electrons. The first-order valence-corrected chi connectivity index (χ1v) is 4.30. The summed E-state index contributed by atoms with van der Waals surface area (Å²) >= 11 is 1.73. The van der Waals surface area contributed by atoms with Crippen molar-refractivity contribution in [1.29, 1.82) is 0 Å². The summed E-state index contributed by atoms with van der Waals surface area (Å²) in [6, 6.07) is 8.34. The van der Waals surface area contributed by atoms with Gasteiger partial charge in [0.05, 0.1) is 10.7 Å². The van der Waals surface area contributed by atoms with Crippen LogP contribution < -0.4 is 4.90 Å². The molecule has 0 aliphatic carbocycles. The Morgan fingerprint density at radius 2 is 2.09 bits per heavy atom. The lowest BCUT2D eigenvalue weighted by Crippen LogP contribution is -2.07. The second kappa shape index (κ2) is 2.31. The molecule has 1 aliphatic rings. The van der Waals surface area contributed by atoms with E-state index in [0.717, 1.165) is 5.03 Å². The molecule has 0 spiro atoms. The predicted octanol–water partition coefficient (Wildman–Crippen LogP) is 2.70. The van der Waals surface area contributed by atoms with Crippen molar-refractivity contribution in [3.8, 4) is 0 Å². The third-order valence-corrected chi connectivity index (χ3v) is 2.90. The van der Waals surface area contributed by atoms with E-state index in [0.29, 0.717) is 0 Å². The number of anilines is 1. The lowest BCUT2D eigenvalue weighted by atomic mass is 10.3. The van der Waals surface area contributed by atoms with Crippen LogP contribution in [-0.2, 0) is 0 Å². The molecular formula is C9H9NS. The molecule has 0 N–H and O–H groups in total. The van der Waals surface area contributed by atoms with Gasteiger partial charge in [-0.25, -0.2) is 0 Å². The van der Waals surface area contributed by atoms with Crippen LogP contribution in [0.1, 0.15) is 0 Å². The van der Waals surface area contributed by atoms with Crippen LogP contribution in [0.4, 0.5) is 5.69 Å². The quantitative estimate of drug-likeness (QED) is 0.578. The highest BCUT2D eigenvalue weighted by molar-refractivity contribution is 8.03. The Balaban J connectivity index is 2.55. The summed E-state index contributed by atoms with van der Waals surface area (Å²) < 4.78 is 0. The Bertz CT molecular complexity index is 306. The molecule has 1 nitrogen and oxygen atoms in total. The normalized spacial score (nSPS) is 15.4. The number of hydrogen-bond donors (Lipinski definition) is 0. The molecule has 11 heavy (non-hydrogen) atoms. The minimum Gasteiger partial charge on any atom is -0.339 e. The van der Waals surface area contributed by atoms with Crippen molar-refractivity contribution >= 4 is 17.4 Å². The Morgan fingerprint density at radius 3 is 2.82 bits per heavy atom. The van der Waals surface area contributed by atoms with Gasteiger partial charge in [-0.15, -0.1) is 0 Å². The van der Waals surface area contributed by atoms with Crippen molar-refractivity contribution in [2.24, 2.45) is 0 Å². The number of fused-ring (bicyclic) bond motifs is 1. The lowest BCUT2D eigenvalue weighted by molar-refractivity contribution is 1.18. The Morgan fingerprint density at radius 1 is 1.36 bits per heavy atom. The summed E-state index contributed by atoms with van der Waals surface area (Å²) in [6.07, 6.45) is 0. The highest BCUT2D eigenvalue weighted by Crippen LogP contribution is 2.43. The number of thioether (sulfide) groups is 1. The number of hydrogen-bond acceptors (Lipinski definition) is 2. The van der Waals surface area contributed by atoms with Crippen LogP contribution in [0.15, 0.2) is 40.8 Å². The first kappa shape index (κ1) is 6.80. The summed E-state index contributed by atoms with van der Waals surface area (Å²) in [6.45, 7) is 3.94. The lowest BCUT2D eigenvalue weighted by Gasteiger charge is -2.10. The van der Waals surface area contributed by atoms with Gasteiger partial charge in [0.25, 0.3) is 0 Å². The SMILES string of the molecule is C=C1Sc2ccccc2N1C. The fraction of sp³-hybridized carbons (Fsp3) is 0.111. The van der Waals surface area contributed by atoms with Gasteiger partial charge in [0.1, 0.15) is 0 Å². The molecule has 0 amide bonds. The topological polar surface area (TPSA) is 3.24 Å². The first-order chi connectivity index (χ1) is 5.29. The molecule has 0 fully saturated rings. The maximum absolute atomic E-state index is 3.94. The van der Waals surface area contributed by atoms with Gasteiger partial charge < -0.3 is 4.90 Å². The molecule has 1 aromatic carbocycles. The van der Waals surface area contributed by atoms with Gasteiger partial charge in [-0.05, 0) is 12.1 Å². The van der Waals surface area contributed by atoms with E-state index in [1.54, 1.807) is 11.8 Å². The van der Waals surface area contributed by atoms with E-state index < -0.39 is 0 Å². The molecule has 0 radical (unpaired) electrons. The Kier molecular flexibility index (Phi) is 1.43. The zero-order valence-corrected chi connectivity index (χ0v) is 7.19. The fourth-order valence-electron chi connectivity index (χ4n) is 1.15. The Labute approximate surface area is 70.7 Å². The predicted molar refractivity (Wildman–Crippen MR) is 49.8 cm³/mol. The molecule has 0 unspecified atom stereocenters. The van der Waals surface area contributed by atoms with E-state index in [-0.39, 0.29) is 0 Å². The maximum atomic E-state index is 3.94. The van der Waals surface area contributed by atoms with Crippen molar-refractivity contribution < 1.29 is 0 Å². The number of nitrogens with zero attached hydrogens (tertiary/aromatic N) is 1. The van der Waals surface area contributed by atoms with Gasteiger partial charge in [-0.1, -0.05) is 30.5 Å².